The zero-order valence-corrected chi connectivity index (χ0v) is 10.4. The van der Waals surface area contributed by atoms with E-state index < -0.39 is 0 Å². The molecule has 0 amide bonds. The molecule has 1 aromatic heterocycles. The Morgan fingerprint density at radius 3 is 3.05 bits per heavy atom. The average molecular weight is 252 g/mol. The van der Waals surface area contributed by atoms with E-state index >= 15 is 0 Å². The molecule has 0 radical (unpaired) electrons. The molecule has 0 spiro atoms. The van der Waals surface area contributed by atoms with Crippen molar-refractivity contribution in [1.82, 2.24) is 4.57 Å². The molecule has 1 aliphatic rings. The zero-order chi connectivity index (χ0) is 13.2. The summed E-state index contributed by atoms with van der Waals surface area (Å²) >= 11 is 0. The van der Waals surface area contributed by atoms with Gasteiger partial charge in [-0.25, -0.2) is 4.79 Å². The Balaban J connectivity index is 2.23. The van der Waals surface area contributed by atoms with Gasteiger partial charge in [-0.2, -0.15) is 0 Å². The molecule has 1 aromatic carbocycles. The van der Waals surface area contributed by atoms with Gasteiger partial charge in [-0.3, -0.25) is 4.99 Å². The molecule has 2 aromatic rings. The Bertz CT molecular complexity index is 736. The molecule has 0 unspecified atom stereocenters. The fourth-order valence-corrected chi connectivity index (χ4v) is 2.13. The lowest BCUT2D eigenvalue weighted by molar-refractivity contribution is 0.0601. The van der Waals surface area contributed by atoms with Crippen LogP contribution in [-0.2, 0) is 4.74 Å². The maximum Gasteiger partial charge on any atom is 0.337 e. The summed E-state index contributed by atoms with van der Waals surface area (Å²) < 4.78 is 6.74. The number of aromatic nitrogens is 1. The Morgan fingerprint density at radius 2 is 2.21 bits per heavy atom. The predicted octanol–water partition coefficient (Wildman–Crippen LogP) is 2.95. The van der Waals surface area contributed by atoms with Crippen molar-refractivity contribution in [3.63, 3.8) is 0 Å². The maximum absolute atomic E-state index is 11.6. The Kier molecular flexibility index (Phi) is 2.76. The molecule has 0 bridgehead atoms. The molecule has 2 heterocycles. The van der Waals surface area contributed by atoms with Gasteiger partial charge in [0.05, 0.1) is 18.2 Å². The zero-order valence-electron chi connectivity index (χ0n) is 10.4. The van der Waals surface area contributed by atoms with Crippen LogP contribution in [0.1, 0.15) is 16.1 Å². The van der Waals surface area contributed by atoms with E-state index in [9.17, 15) is 4.79 Å². The number of allylic oxidation sites excluding steroid dienone is 1. The SMILES string of the molecule is COC(=O)c1ccc2cc3n(c2c1)\C=C/N=C\C=C/3. The molecule has 94 valence electrons. The van der Waals surface area contributed by atoms with Crippen molar-refractivity contribution in [3.8, 4) is 0 Å². The topological polar surface area (TPSA) is 43.6 Å². The van der Waals surface area contributed by atoms with Crippen LogP contribution < -0.4 is 0 Å². The van der Waals surface area contributed by atoms with Crippen molar-refractivity contribution in [2.45, 2.75) is 0 Å². The van der Waals surface area contributed by atoms with Crippen LogP contribution in [0, 0.1) is 0 Å². The maximum atomic E-state index is 11.6. The Labute approximate surface area is 110 Å². The van der Waals surface area contributed by atoms with Crippen molar-refractivity contribution < 1.29 is 9.53 Å². The number of rotatable bonds is 1. The number of carbonyl (C=O) groups is 1. The highest BCUT2D eigenvalue weighted by molar-refractivity contribution is 5.96. The summed E-state index contributed by atoms with van der Waals surface area (Å²) in [7, 11) is 1.38. The fraction of sp³-hybridized carbons (Fsp3) is 0.0667. The van der Waals surface area contributed by atoms with Gasteiger partial charge in [-0.1, -0.05) is 6.07 Å². The third kappa shape index (κ3) is 1.97. The van der Waals surface area contributed by atoms with Gasteiger partial charge >= 0.3 is 5.97 Å². The van der Waals surface area contributed by atoms with Crippen molar-refractivity contribution in [1.29, 1.82) is 0 Å². The van der Waals surface area contributed by atoms with Crippen LogP contribution in [0.2, 0.25) is 0 Å². The van der Waals surface area contributed by atoms with Crippen LogP contribution in [-0.4, -0.2) is 23.9 Å². The Hall–Kier alpha value is -2.62. The van der Waals surface area contributed by atoms with Crippen LogP contribution in [0.15, 0.2) is 41.5 Å². The quantitative estimate of drug-likeness (QED) is 0.732. The monoisotopic (exact) mass is 252 g/mol. The second-order valence-electron chi connectivity index (χ2n) is 4.16. The summed E-state index contributed by atoms with van der Waals surface area (Å²) in [6.07, 6.45) is 9.19. The first-order valence-electron chi connectivity index (χ1n) is 5.89. The normalized spacial score (nSPS) is 18.2. The molecule has 0 atom stereocenters. The summed E-state index contributed by atoms with van der Waals surface area (Å²) in [6.45, 7) is 0. The van der Waals surface area contributed by atoms with Crippen molar-refractivity contribution in [2.75, 3.05) is 7.11 Å². The van der Waals surface area contributed by atoms with E-state index in [0.29, 0.717) is 5.56 Å². The van der Waals surface area contributed by atoms with E-state index in [4.69, 9.17) is 4.74 Å². The highest BCUT2D eigenvalue weighted by atomic mass is 16.5. The van der Waals surface area contributed by atoms with E-state index in [2.05, 4.69) is 11.1 Å². The first-order valence-corrected chi connectivity index (χ1v) is 5.89. The summed E-state index contributed by atoms with van der Waals surface area (Å²) in [6, 6.07) is 7.58. The Morgan fingerprint density at radius 1 is 1.32 bits per heavy atom. The molecule has 1 aliphatic heterocycles. The van der Waals surface area contributed by atoms with Gasteiger partial charge in [0.1, 0.15) is 0 Å². The highest BCUT2D eigenvalue weighted by Crippen LogP contribution is 2.23. The first-order chi connectivity index (χ1) is 9.29. The number of methoxy groups -OCH3 is 1. The number of carbonyl (C=O) groups excluding carboxylic acids is 1. The minimum atomic E-state index is -0.333. The van der Waals surface area contributed by atoms with Gasteiger partial charge in [0.25, 0.3) is 0 Å². The largest absolute Gasteiger partial charge is 0.465 e. The van der Waals surface area contributed by atoms with Gasteiger partial charge in [-0.05, 0) is 30.4 Å². The van der Waals surface area contributed by atoms with Crippen LogP contribution in [0.5, 0.6) is 0 Å². The van der Waals surface area contributed by atoms with Crippen molar-refractivity contribution in [3.05, 3.63) is 47.8 Å². The molecular formula is C15H12N2O2. The molecule has 3 rings (SSSR count). The third-order valence-electron chi connectivity index (χ3n) is 3.03. The van der Waals surface area contributed by atoms with Crippen LogP contribution in [0.3, 0.4) is 0 Å². The van der Waals surface area contributed by atoms with Crippen molar-refractivity contribution >= 4 is 35.4 Å². The second kappa shape index (κ2) is 4.57. The smallest absolute Gasteiger partial charge is 0.337 e. The summed E-state index contributed by atoms with van der Waals surface area (Å²) in [4.78, 5) is 15.7. The predicted molar refractivity (Wildman–Crippen MR) is 76.1 cm³/mol. The third-order valence-corrected chi connectivity index (χ3v) is 3.03. The molecule has 0 saturated carbocycles. The molecule has 4 nitrogen and oxygen atoms in total. The minimum absolute atomic E-state index is 0.333. The number of aliphatic imine (C=N–C) groups is 1. The first kappa shape index (κ1) is 11.5. The lowest BCUT2D eigenvalue weighted by Crippen LogP contribution is -2.01. The number of esters is 1. The van der Waals surface area contributed by atoms with E-state index in [1.165, 1.54) is 7.11 Å². The standard InChI is InChI=1S/C15H12N2O2/c1-19-15(18)12-5-4-11-9-13-3-2-6-16-7-8-17(13)14(11)10-12/h2-10H,1H3/b3-2-,8-7-,16-6-. The fourth-order valence-electron chi connectivity index (χ4n) is 2.13. The van der Waals surface area contributed by atoms with Gasteiger partial charge < -0.3 is 9.30 Å². The molecule has 19 heavy (non-hydrogen) atoms. The highest BCUT2D eigenvalue weighted by Gasteiger charge is 2.10. The lowest BCUT2D eigenvalue weighted by Gasteiger charge is -2.04. The molecule has 0 N–H and O–H groups in total. The number of hydrogen-bond acceptors (Lipinski definition) is 3. The molecule has 4 heteroatoms. The van der Waals surface area contributed by atoms with Crippen molar-refractivity contribution in [2.24, 2.45) is 4.99 Å². The van der Waals surface area contributed by atoms with Gasteiger partial charge in [0.15, 0.2) is 0 Å². The summed E-state index contributed by atoms with van der Waals surface area (Å²) in [5, 5.41) is 1.07. The molecule has 0 fully saturated rings. The van der Waals surface area contributed by atoms with E-state index in [1.807, 2.05) is 35.1 Å². The number of hydrogen-bond donors (Lipinski definition) is 0. The second-order valence-corrected chi connectivity index (χ2v) is 4.16. The minimum Gasteiger partial charge on any atom is -0.465 e. The van der Waals surface area contributed by atoms with Gasteiger partial charge in [-0.15, -0.1) is 0 Å². The summed E-state index contributed by atoms with van der Waals surface area (Å²) in [5.74, 6) is -0.333. The van der Waals surface area contributed by atoms with E-state index in [-0.39, 0.29) is 5.97 Å². The summed E-state index contributed by atoms with van der Waals surface area (Å²) in [5.41, 5.74) is 2.54. The van der Waals surface area contributed by atoms with E-state index in [0.717, 1.165) is 16.6 Å². The van der Waals surface area contributed by atoms with Gasteiger partial charge in [0, 0.05) is 29.7 Å². The number of benzene rings is 1. The number of fused-ring (bicyclic) bond motifs is 3. The lowest BCUT2D eigenvalue weighted by atomic mass is 10.1. The van der Waals surface area contributed by atoms with Crippen LogP contribution in [0.4, 0.5) is 0 Å². The van der Waals surface area contributed by atoms with E-state index in [1.54, 1.807) is 18.5 Å². The molecular weight excluding hydrogens is 240 g/mol. The number of ether oxygens (including phenoxy) is 1. The van der Waals surface area contributed by atoms with Crippen LogP contribution in [0.25, 0.3) is 23.2 Å². The number of nitrogens with zero attached hydrogens (tertiary/aromatic N) is 2. The molecule has 0 saturated heterocycles. The average Bonchev–Trinajstić information content (AvgIpc) is 2.74. The van der Waals surface area contributed by atoms with Crippen LogP contribution >= 0.6 is 0 Å². The molecule has 0 aliphatic carbocycles. The van der Waals surface area contributed by atoms with Gasteiger partial charge in [0.2, 0.25) is 0 Å².